The number of fused-ring (bicyclic) bond motifs is 1. The number of hydrogen-bond donors (Lipinski definition) is 1. The van der Waals surface area contributed by atoms with Gasteiger partial charge in [0, 0.05) is 0 Å². The number of rotatable bonds is 8. The molecule has 0 aliphatic carbocycles. The molecule has 0 atom stereocenters. The van der Waals surface area contributed by atoms with Gasteiger partial charge in [0.05, 0.1) is 38.1 Å². The van der Waals surface area contributed by atoms with E-state index in [4.69, 9.17) is 25.8 Å². The molecule has 0 bridgehead atoms. The molecule has 166 valence electrons. The largest absolute Gasteiger partial charge is 0.496 e. The first kappa shape index (κ1) is 22.9. The lowest BCUT2D eigenvalue weighted by molar-refractivity contribution is -0.142. The van der Waals surface area contributed by atoms with Crippen LogP contribution in [0.3, 0.4) is 0 Å². The number of esters is 1. The maximum absolute atomic E-state index is 12.7. The fourth-order valence-corrected chi connectivity index (χ4v) is 3.21. The Morgan fingerprint density at radius 2 is 1.69 bits per heavy atom. The minimum atomic E-state index is -0.555. The minimum Gasteiger partial charge on any atom is -0.496 e. The Balaban J connectivity index is 1.77. The normalized spacial score (nSPS) is 10.8. The van der Waals surface area contributed by atoms with Gasteiger partial charge in [-0.25, -0.2) is 10.2 Å². The zero-order valence-corrected chi connectivity index (χ0v) is 18.4. The summed E-state index contributed by atoms with van der Waals surface area (Å²) in [4.78, 5) is 24.0. The smallest absolute Gasteiger partial charge is 0.343 e. The van der Waals surface area contributed by atoms with Crippen molar-refractivity contribution in [3.05, 3.63) is 64.7 Å². The van der Waals surface area contributed by atoms with Crippen LogP contribution in [0.25, 0.3) is 10.8 Å². The van der Waals surface area contributed by atoms with E-state index in [1.165, 1.54) is 27.5 Å². The van der Waals surface area contributed by atoms with Crippen molar-refractivity contribution < 1.29 is 28.5 Å². The van der Waals surface area contributed by atoms with Crippen molar-refractivity contribution in [1.29, 1.82) is 0 Å². The predicted octanol–water partition coefficient (Wildman–Crippen LogP) is 3.83. The van der Waals surface area contributed by atoms with Crippen molar-refractivity contribution in [3.63, 3.8) is 0 Å². The lowest BCUT2D eigenvalue weighted by atomic mass is 10.1. The molecule has 0 saturated carbocycles. The number of carbonyl (C=O) groups is 2. The lowest BCUT2D eigenvalue weighted by Crippen LogP contribution is -2.18. The van der Waals surface area contributed by atoms with Crippen LogP contribution in [-0.4, -0.2) is 46.0 Å². The Morgan fingerprint density at radius 3 is 2.34 bits per heavy atom. The number of hydrogen-bond acceptors (Lipinski definition) is 7. The number of ether oxygens (including phenoxy) is 4. The molecule has 3 aromatic carbocycles. The number of halogens is 1. The molecule has 32 heavy (non-hydrogen) atoms. The molecule has 0 radical (unpaired) electrons. The number of carbonyl (C=O) groups excluding carboxylic acids is 2. The van der Waals surface area contributed by atoms with Crippen LogP contribution in [0.4, 0.5) is 0 Å². The molecule has 1 N–H and O–H groups in total. The van der Waals surface area contributed by atoms with Gasteiger partial charge in [0.1, 0.15) is 5.75 Å². The number of benzene rings is 3. The molecule has 8 nitrogen and oxygen atoms in total. The maximum Gasteiger partial charge on any atom is 0.343 e. The third-order valence-electron chi connectivity index (χ3n) is 4.51. The first-order valence-electron chi connectivity index (χ1n) is 9.44. The maximum atomic E-state index is 12.7. The summed E-state index contributed by atoms with van der Waals surface area (Å²) in [6.45, 7) is -0.316. The van der Waals surface area contributed by atoms with E-state index in [1.807, 2.05) is 24.3 Å². The molecular formula is C23H21ClN2O6. The first-order valence-corrected chi connectivity index (χ1v) is 9.82. The van der Waals surface area contributed by atoms with Crippen LogP contribution in [0.1, 0.15) is 15.9 Å². The van der Waals surface area contributed by atoms with E-state index in [0.717, 1.165) is 10.8 Å². The number of nitrogens with zero attached hydrogens (tertiary/aromatic N) is 1. The van der Waals surface area contributed by atoms with Gasteiger partial charge >= 0.3 is 5.97 Å². The summed E-state index contributed by atoms with van der Waals surface area (Å²) >= 11 is 6.25. The van der Waals surface area contributed by atoms with Crippen LogP contribution in [0, 0.1) is 0 Å². The second kappa shape index (κ2) is 10.5. The average Bonchev–Trinajstić information content (AvgIpc) is 2.81. The number of amides is 1. The second-order valence-electron chi connectivity index (χ2n) is 6.50. The monoisotopic (exact) mass is 456 g/mol. The predicted molar refractivity (Wildman–Crippen MR) is 121 cm³/mol. The van der Waals surface area contributed by atoms with E-state index < -0.39 is 11.9 Å². The molecule has 0 aromatic heterocycles. The molecule has 0 unspecified atom stereocenters. The number of methoxy groups -OCH3 is 3. The fraction of sp³-hybridized carbons (Fsp3) is 0.174. The molecule has 0 saturated heterocycles. The molecule has 0 aliphatic heterocycles. The van der Waals surface area contributed by atoms with Gasteiger partial charge in [-0.1, -0.05) is 35.9 Å². The van der Waals surface area contributed by atoms with Gasteiger partial charge in [-0.15, -0.1) is 0 Å². The molecule has 0 heterocycles. The van der Waals surface area contributed by atoms with E-state index in [0.29, 0.717) is 22.6 Å². The van der Waals surface area contributed by atoms with Crippen LogP contribution in [-0.2, 0) is 9.53 Å². The molecule has 0 fully saturated rings. The van der Waals surface area contributed by atoms with Crippen LogP contribution < -0.4 is 19.6 Å². The van der Waals surface area contributed by atoms with E-state index in [9.17, 15) is 9.59 Å². The Hall–Kier alpha value is -3.78. The van der Waals surface area contributed by atoms with Gasteiger partial charge in [-0.05, 0) is 40.6 Å². The molecule has 9 heteroatoms. The van der Waals surface area contributed by atoms with Gasteiger partial charge in [0.2, 0.25) is 0 Å². The molecular weight excluding hydrogens is 436 g/mol. The highest BCUT2D eigenvalue weighted by molar-refractivity contribution is 6.32. The zero-order chi connectivity index (χ0) is 23.1. The van der Waals surface area contributed by atoms with Crippen LogP contribution >= 0.6 is 11.6 Å². The van der Waals surface area contributed by atoms with Crippen LogP contribution in [0.5, 0.6) is 17.2 Å². The standard InChI is InChI=1S/C23H21ClN2O6/c1-29-19-11-16-7-5-4-6-15(16)10-17(19)23(28)26-25-12-14-8-18(24)22(20(9-14)30-2)32-13-21(27)31-3/h4-12H,13H2,1-3H3,(H,26,28). The summed E-state index contributed by atoms with van der Waals surface area (Å²) in [5, 5.41) is 6.07. The quantitative estimate of drug-likeness (QED) is 0.314. The van der Waals surface area contributed by atoms with Gasteiger partial charge in [0.15, 0.2) is 18.1 Å². The molecule has 0 spiro atoms. The third-order valence-corrected chi connectivity index (χ3v) is 4.79. The van der Waals surface area contributed by atoms with Gasteiger partial charge in [-0.2, -0.15) is 5.10 Å². The van der Waals surface area contributed by atoms with Gasteiger partial charge in [-0.3, -0.25) is 4.79 Å². The van der Waals surface area contributed by atoms with Crippen molar-refractivity contribution in [3.8, 4) is 17.2 Å². The summed E-state index contributed by atoms with van der Waals surface area (Å²) in [5.41, 5.74) is 3.38. The number of nitrogens with one attached hydrogen (secondary N) is 1. The third kappa shape index (κ3) is 5.28. The molecule has 3 aromatic rings. The highest BCUT2D eigenvalue weighted by Gasteiger charge is 2.15. The molecule has 1 amide bonds. The second-order valence-corrected chi connectivity index (χ2v) is 6.90. The molecule has 3 rings (SSSR count). The van der Waals surface area contributed by atoms with Crippen molar-refractivity contribution in [2.45, 2.75) is 0 Å². The van der Waals surface area contributed by atoms with Crippen LogP contribution in [0.2, 0.25) is 5.02 Å². The van der Waals surface area contributed by atoms with Crippen molar-refractivity contribution in [2.75, 3.05) is 27.9 Å². The van der Waals surface area contributed by atoms with E-state index >= 15 is 0 Å². The van der Waals surface area contributed by atoms with Crippen molar-refractivity contribution in [1.82, 2.24) is 5.43 Å². The zero-order valence-electron chi connectivity index (χ0n) is 17.7. The van der Waals surface area contributed by atoms with E-state index in [2.05, 4.69) is 15.3 Å². The minimum absolute atomic E-state index is 0.196. The Labute approximate surface area is 189 Å². The van der Waals surface area contributed by atoms with Crippen molar-refractivity contribution >= 4 is 40.5 Å². The summed E-state index contributed by atoms with van der Waals surface area (Å²) in [5.74, 6) is -0.0548. The fourth-order valence-electron chi connectivity index (χ4n) is 2.94. The Morgan fingerprint density at radius 1 is 1.00 bits per heavy atom. The first-order chi connectivity index (χ1) is 15.5. The van der Waals surface area contributed by atoms with Gasteiger partial charge in [0.25, 0.3) is 5.91 Å². The Kier molecular flexibility index (Phi) is 7.51. The lowest BCUT2D eigenvalue weighted by Gasteiger charge is -2.12. The van der Waals surface area contributed by atoms with E-state index in [1.54, 1.807) is 24.3 Å². The topological polar surface area (TPSA) is 95.5 Å². The summed E-state index contributed by atoms with van der Waals surface area (Å²) in [6.07, 6.45) is 1.41. The van der Waals surface area contributed by atoms with Crippen molar-refractivity contribution in [2.24, 2.45) is 5.10 Å². The number of hydrazone groups is 1. The van der Waals surface area contributed by atoms with Gasteiger partial charge < -0.3 is 18.9 Å². The summed E-state index contributed by atoms with van der Waals surface area (Å²) < 4.78 is 20.5. The van der Waals surface area contributed by atoms with Crippen LogP contribution in [0.15, 0.2) is 53.6 Å². The Bertz CT molecular complexity index is 1180. The molecule has 0 aliphatic rings. The summed E-state index contributed by atoms with van der Waals surface area (Å²) in [7, 11) is 4.19. The SMILES string of the molecule is COC(=O)COc1c(Cl)cc(C=NNC(=O)c2cc3ccccc3cc2OC)cc1OC. The highest BCUT2D eigenvalue weighted by atomic mass is 35.5. The average molecular weight is 457 g/mol. The highest BCUT2D eigenvalue weighted by Crippen LogP contribution is 2.36. The van der Waals surface area contributed by atoms with E-state index in [-0.39, 0.29) is 17.4 Å². The summed E-state index contributed by atoms with van der Waals surface area (Å²) in [6, 6.07) is 14.4.